The molecule has 2 rings (SSSR count). The molecule has 1 aromatic rings. The van der Waals surface area contributed by atoms with E-state index in [1.54, 1.807) is 0 Å². The van der Waals surface area contributed by atoms with Gasteiger partial charge in [-0.15, -0.1) is 0 Å². The molecule has 1 aliphatic carbocycles. The summed E-state index contributed by atoms with van der Waals surface area (Å²) in [5.74, 6) is -0.999. The van der Waals surface area contributed by atoms with Crippen molar-refractivity contribution in [1.29, 1.82) is 5.26 Å². The van der Waals surface area contributed by atoms with Gasteiger partial charge < -0.3 is 5.11 Å². The molecule has 0 spiro atoms. The van der Waals surface area contributed by atoms with E-state index >= 15 is 0 Å². The summed E-state index contributed by atoms with van der Waals surface area (Å²) in [6.07, 6.45) is 1.10. The maximum Gasteiger partial charge on any atom is 0.325 e. The highest BCUT2D eigenvalue weighted by Crippen LogP contribution is 2.66. The summed E-state index contributed by atoms with van der Waals surface area (Å²) in [6.45, 7) is 1.94. The number of benzene rings is 1. The molecule has 3 heteroatoms. The highest BCUT2D eigenvalue weighted by Gasteiger charge is 2.73. The molecule has 0 aliphatic heterocycles. The molecule has 0 saturated heterocycles. The first-order valence-corrected chi connectivity index (χ1v) is 5.33. The number of hydrogen-bond acceptors (Lipinski definition) is 2. The van der Waals surface area contributed by atoms with Crippen molar-refractivity contribution in [2.75, 3.05) is 0 Å². The molecule has 3 nitrogen and oxygen atoms in total. The average molecular weight is 215 g/mol. The minimum absolute atomic E-state index is 0.423. The predicted octanol–water partition coefficient (Wildman–Crippen LogP) is 2.33. The van der Waals surface area contributed by atoms with E-state index in [4.69, 9.17) is 5.26 Å². The zero-order chi connectivity index (χ0) is 11.8. The van der Waals surface area contributed by atoms with Gasteiger partial charge in [0.2, 0.25) is 0 Å². The molecule has 1 aliphatic rings. The van der Waals surface area contributed by atoms with E-state index in [9.17, 15) is 9.90 Å². The van der Waals surface area contributed by atoms with Crippen LogP contribution >= 0.6 is 0 Å². The van der Waals surface area contributed by atoms with E-state index in [2.05, 4.69) is 0 Å². The van der Waals surface area contributed by atoms with E-state index in [-0.39, 0.29) is 0 Å². The quantitative estimate of drug-likeness (QED) is 0.841. The minimum Gasteiger partial charge on any atom is -0.480 e. The monoisotopic (exact) mass is 215 g/mol. The topological polar surface area (TPSA) is 61.1 Å². The van der Waals surface area contributed by atoms with Crippen LogP contribution in [0.3, 0.4) is 0 Å². The second-order valence-electron chi connectivity index (χ2n) is 4.30. The van der Waals surface area contributed by atoms with E-state index in [1.165, 1.54) is 0 Å². The number of nitriles is 1. The molecule has 0 radical (unpaired) electrons. The zero-order valence-corrected chi connectivity index (χ0v) is 9.10. The SMILES string of the molecule is CCC1(c2ccccc2)CC1(C#N)C(=O)O. The summed E-state index contributed by atoms with van der Waals surface area (Å²) < 4.78 is 0. The molecular weight excluding hydrogens is 202 g/mol. The fourth-order valence-electron chi connectivity index (χ4n) is 2.62. The molecule has 16 heavy (non-hydrogen) atoms. The maximum atomic E-state index is 11.2. The van der Waals surface area contributed by atoms with E-state index in [1.807, 2.05) is 43.3 Å². The van der Waals surface area contributed by atoms with E-state index in [0.717, 1.165) is 5.56 Å². The molecule has 82 valence electrons. The fourth-order valence-corrected chi connectivity index (χ4v) is 2.62. The summed E-state index contributed by atoms with van der Waals surface area (Å²) in [5.41, 5.74) is -0.751. The van der Waals surface area contributed by atoms with Crippen molar-refractivity contribution in [1.82, 2.24) is 0 Å². The molecule has 0 heterocycles. The Kier molecular flexibility index (Phi) is 2.23. The largest absolute Gasteiger partial charge is 0.480 e. The Morgan fingerprint density at radius 3 is 2.50 bits per heavy atom. The van der Waals surface area contributed by atoms with Gasteiger partial charge >= 0.3 is 5.97 Å². The normalized spacial score (nSPS) is 31.8. The molecule has 2 atom stereocenters. The fraction of sp³-hybridized carbons (Fsp3) is 0.385. The van der Waals surface area contributed by atoms with Crippen LogP contribution in [0, 0.1) is 16.7 Å². The van der Waals surface area contributed by atoms with Crippen LogP contribution in [0.25, 0.3) is 0 Å². The molecular formula is C13H13NO2. The first kappa shape index (κ1) is 10.7. The Morgan fingerprint density at radius 2 is 2.12 bits per heavy atom. The number of rotatable bonds is 3. The Balaban J connectivity index is 2.48. The lowest BCUT2D eigenvalue weighted by Gasteiger charge is -2.17. The lowest BCUT2D eigenvalue weighted by molar-refractivity contribution is -0.141. The van der Waals surface area contributed by atoms with Gasteiger partial charge in [0.05, 0.1) is 6.07 Å². The molecule has 0 bridgehead atoms. The van der Waals surface area contributed by atoms with E-state index < -0.39 is 16.8 Å². The summed E-state index contributed by atoms with van der Waals surface area (Å²) in [5, 5.41) is 18.3. The number of carboxylic acid groups (broad SMARTS) is 1. The lowest BCUT2D eigenvalue weighted by Crippen LogP contribution is -2.24. The molecule has 0 amide bonds. The van der Waals surface area contributed by atoms with Crippen LogP contribution in [0.4, 0.5) is 0 Å². The maximum absolute atomic E-state index is 11.2. The van der Waals surface area contributed by atoms with Crippen LogP contribution in [0.5, 0.6) is 0 Å². The highest BCUT2D eigenvalue weighted by molar-refractivity contribution is 5.86. The van der Waals surface area contributed by atoms with Gasteiger partial charge in [-0.25, -0.2) is 0 Å². The van der Waals surface area contributed by atoms with Gasteiger partial charge in [0.15, 0.2) is 5.41 Å². The third kappa shape index (κ3) is 1.10. The number of nitrogens with zero attached hydrogens (tertiary/aromatic N) is 1. The molecule has 1 aromatic carbocycles. The van der Waals surface area contributed by atoms with Crippen LogP contribution in [-0.4, -0.2) is 11.1 Å². The van der Waals surface area contributed by atoms with Gasteiger partial charge in [-0.1, -0.05) is 37.3 Å². The van der Waals surface area contributed by atoms with Crippen LogP contribution < -0.4 is 0 Å². The standard InChI is InChI=1S/C13H13NO2/c1-2-12(10-6-4-3-5-7-10)8-13(12,9-14)11(15)16/h3-7H,2,8H2,1H3,(H,15,16). The second-order valence-corrected chi connectivity index (χ2v) is 4.30. The first-order valence-electron chi connectivity index (χ1n) is 5.33. The highest BCUT2D eigenvalue weighted by atomic mass is 16.4. The smallest absolute Gasteiger partial charge is 0.325 e. The Bertz CT molecular complexity index is 463. The van der Waals surface area contributed by atoms with Gasteiger partial charge in [-0.05, 0) is 18.4 Å². The van der Waals surface area contributed by atoms with Crippen LogP contribution in [0.2, 0.25) is 0 Å². The number of carbonyl (C=O) groups is 1. The molecule has 0 aromatic heterocycles. The van der Waals surface area contributed by atoms with Crippen LogP contribution in [0.15, 0.2) is 30.3 Å². The molecule has 1 fully saturated rings. The third-order valence-corrected chi connectivity index (χ3v) is 3.74. The van der Waals surface area contributed by atoms with Crippen molar-refractivity contribution in [2.24, 2.45) is 5.41 Å². The number of carboxylic acids is 1. The summed E-state index contributed by atoms with van der Waals surface area (Å²) in [4.78, 5) is 11.2. The third-order valence-electron chi connectivity index (χ3n) is 3.74. The van der Waals surface area contributed by atoms with Crippen molar-refractivity contribution < 1.29 is 9.90 Å². The average Bonchev–Trinajstić information content (AvgIpc) is 3.01. The molecule has 1 saturated carbocycles. The summed E-state index contributed by atoms with van der Waals surface area (Å²) in [7, 11) is 0. The van der Waals surface area contributed by atoms with Crippen LogP contribution in [-0.2, 0) is 10.2 Å². The minimum atomic E-state index is -1.22. The zero-order valence-electron chi connectivity index (χ0n) is 9.10. The van der Waals surface area contributed by atoms with Gasteiger partial charge in [-0.2, -0.15) is 5.26 Å². The Morgan fingerprint density at radius 1 is 1.50 bits per heavy atom. The van der Waals surface area contributed by atoms with Gasteiger partial charge in [0.25, 0.3) is 0 Å². The second kappa shape index (κ2) is 3.34. The first-order chi connectivity index (χ1) is 7.63. The Labute approximate surface area is 94.3 Å². The van der Waals surface area contributed by atoms with Gasteiger partial charge in [0.1, 0.15) is 0 Å². The number of hydrogen-bond donors (Lipinski definition) is 1. The van der Waals surface area contributed by atoms with Crippen molar-refractivity contribution in [3.8, 4) is 6.07 Å². The molecule has 2 unspecified atom stereocenters. The van der Waals surface area contributed by atoms with Crippen molar-refractivity contribution in [2.45, 2.75) is 25.2 Å². The Hall–Kier alpha value is -1.82. The van der Waals surface area contributed by atoms with Crippen molar-refractivity contribution in [3.63, 3.8) is 0 Å². The summed E-state index contributed by atoms with van der Waals surface area (Å²) >= 11 is 0. The predicted molar refractivity (Wildman–Crippen MR) is 58.7 cm³/mol. The summed E-state index contributed by atoms with van der Waals surface area (Å²) in [6, 6.07) is 11.5. The van der Waals surface area contributed by atoms with Gasteiger partial charge in [-0.3, -0.25) is 4.79 Å². The number of aliphatic carboxylic acids is 1. The van der Waals surface area contributed by atoms with Gasteiger partial charge in [0, 0.05) is 5.41 Å². The van der Waals surface area contributed by atoms with E-state index in [0.29, 0.717) is 12.8 Å². The van der Waals surface area contributed by atoms with Crippen LogP contribution in [0.1, 0.15) is 25.3 Å². The van der Waals surface area contributed by atoms with Crippen molar-refractivity contribution >= 4 is 5.97 Å². The molecule has 1 N–H and O–H groups in total. The lowest BCUT2D eigenvalue weighted by atomic mass is 9.84. The van der Waals surface area contributed by atoms with Crippen molar-refractivity contribution in [3.05, 3.63) is 35.9 Å².